The van der Waals surface area contributed by atoms with E-state index in [1.807, 2.05) is 36.4 Å². The number of rotatable bonds is 13. The summed E-state index contributed by atoms with van der Waals surface area (Å²) in [6, 6.07) is 15.1. The molecule has 3 heterocycles. The number of anilines is 1. The first-order chi connectivity index (χ1) is 20.4. The number of unbranched alkanes of at least 4 members (excludes halogenated alkanes) is 1. The van der Waals surface area contributed by atoms with Crippen LogP contribution in [0.15, 0.2) is 79.9 Å². The fraction of sp³-hybridized carbons (Fsp3) is 0.424. The lowest BCUT2D eigenvalue weighted by atomic mass is 9.71. The second-order valence-electron chi connectivity index (χ2n) is 11.1. The lowest BCUT2D eigenvalue weighted by molar-refractivity contribution is -0.154. The zero-order chi connectivity index (χ0) is 29.9. The van der Waals surface area contributed by atoms with Crippen LogP contribution in [-0.4, -0.2) is 69.6 Å². The second kappa shape index (κ2) is 13.1. The number of likely N-dealkylation sites (tertiary alicyclic amines) is 1. The van der Waals surface area contributed by atoms with Gasteiger partial charge < -0.3 is 19.6 Å². The summed E-state index contributed by atoms with van der Waals surface area (Å²) < 4.78 is 4.85. The molecule has 0 saturated carbocycles. The fourth-order valence-electron chi connectivity index (χ4n) is 6.92. The fourth-order valence-corrected chi connectivity index (χ4v) is 9.34. The Morgan fingerprint density at radius 1 is 1.17 bits per heavy atom. The van der Waals surface area contributed by atoms with Crippen LogP contribution in [0.5, 0.6) is 0 Å². The van der Waals surface area contributed by atoms with E-state index in [1.165, 1.54) is 0 Å². The van der Waals surface area contributed by atoms with Gasteiger partial charge in [-0.05, 0) is 49.8 Å². The molecule has 7 nitrogen and oxygen atoms in total. The Hall–Kier alpha value is -3.07. The predicted molar refractivity (Wildman–Crippen MR) is 166 cm³/mol. The minimum absolute atomic E-state index is 0.113. The largest absolute Gasteiger partial charge is 0.465 e. The van der Waals surface area contributed by atoms with E-state index in [4.69, 9.17) is 16.3 Å². The quantitative estimate of drug-likeness (QED) is 0.194. The number of para-hydroxylation sites is 1. The summed E-state index contributed by atoms with van der Waals surface area (Å²) in [5, 5.41) is 11.0. The molecule has 0 aromatic heterocycles. The molecule has 2 aromatic rings. The zero-order valence-corrected chi connectivity index (χ0v) is 25.1. The molecule has 1 spiro atoms. The van der Waals surface area contributed by atoms with Gasteiger partial charge in [0, 0.05) is 11.8 Å². The summed E-state index contributed by atoms with van der Waals surface area (Å²) in [6.07, 6.45) is 6.48. The van der Waals surface area contributed by atoms with Crippen molar-refractivity contribution in [1.29, 1.82) is 0 Å². The number of hydrogen-bond acceptors (Lipinski definition) is 6. The van der Waals surface area contributed by atoms with Crippen molar-refractivity contribution in [3.63, 3.8) is 0 Å². The minimum Gasteiger partial charge on any atom is -0.465 e. The Morgan fingerprint density at radius 3 is 2.60 bits per heavy atom. The molecular weight excluding hydrogens is 572 g/mol. The topological polar surface area (TPSA) is 87.2 Å². The smallest absolute Gasteiger partial charge is 0.310 e. The number of esters is 1. The standard InChI is InChI=1S/C33H37ClN2O5S/c1-3-5-11-19-41-32(40)27-26-16-17-33(42-26)28(27)30(38)36(23(21-37)20-22-12-7-6-8-13-22)29(33)31(39)35(18-4-2)25-15-10-9-14-24(25)34/h3-4,6-10,12-15,23,26-29,37H,1-2,5,11,16-21H2/t23-,26+,27-,28+,29?,33?/m1/s1. The van der Waals surface area contributed by atoms with E-state index in [2.05, 4.69) is 13.2 Å². The number of ether oxygens (including phenoxy) is 1. The summed E-state index contributed by atoms with van der Waals surface area (Å²) in [5.41, 5.74) is 1.46. The van der Waals surface area contributed by atoms with Crippen molar-refractivity contribution in [3.05, 3.63) is 90.5 Å². The van der Waals surface area contributed by atoms with E-state index < -0.39 is 28.7 Å². The lowest BCUT2D eigenvalue weighted by Crippen LogP contribution is -2.58. The molecule has 2 aromatic carbocycles. The van der Waals surface area contributed by atoms with Crippen LogP contribution in [0.3, 0.4) is 0 Å². The van der Waals surface area contributed by atoms with E-state index in [0.717, 1.165) is 12.0 Å². The van der Waals surface area contributed by atoms with Crippen LogP contribution in [0.2, 0.25) is 5.02 Å². The molecule has 2 unspecified atom stereocenters. The number of thioether (sulfide) groups is 1. The lowest BCUT2D eigenvalue weighted by Gasteiger charge is -2.39. The maximum absolute atomic E-state index is 14.8. The number of carbonyl (C=O) groups excluding carboxylic acids is 3. The van der Waals surface area contributed by atoms with Crippen LogP contribution in [0.1, 0.15) is 31.2 Å². The second-order valence-corrected chi connectivity index (χ2v) is 13.1. The van der Waals surface area contributed by atoms with Crippen molar-refractivity contribution in [2.75, 3.05) is 24.7 Å². The first-order valence-corrected chi connectivity index (χ1v) is 15.7. The van der Waals surface area contributed by atoms with E-state index in [1.54, 1.807) is 51.9 Å². The summed E-state index contributed by atoms with van der Waals surface area (Å²) in [5.74, 6) is -2.32. The van der Waals surface area contributed by atoms with Crippen LogP contribution in [0, 0.1) is 11.8 Å². The molecule has 1 N–H and O–H groups in total. The molecule has 3 aliphatic rings. The van der Waals surface area contributed by atoms with Gasteiger partial charge >= 0.3 is 5.97 Å². The van der Waals surface area contributed by atoms with Crippen LogP contribution >= 0.6 is 23.4 Å². The summed E-state index contributed by atoms with van der Waals surface area (Å²) in [4.78, 5) is 45.9. The number of allylic oxidation sites excluding steroid dienone is 1. The Morgan fingerprint density at radius 2 is 1.90 bits per heavy atom. The Labute approximate surface area is 256 Å². The van der Waals surface area contributed by atoms with Crippen LogP contribution in [0.4, 0.5) is 5.69 Å². The van der Waals surface area contributed by atoms with Crippen molar-refractivity contribution >= 4 is 46.8 Å². The number of fused-ring (bicyclic) bond motifs is 1. The van der Waals surface area contributed by atoms with Gasteiger partial charge in [0.15, 0.2) is 0 Å². The molecule has 3 fully saturated rings. The average molecular weight is 609 g/mol. The highest BCUT2D eigenvalue weighted by Crippen LogP contribution is 2.67. The molecule has 3 aliphatic heterocycles. The molecule has 0 aliphatic carbocycles. The van der Waals surface area contributed by atoms with E-state index >= 15 is 0 Å². The molecule has 9 heteroatoms. The molecule has 2 bridgehead atoms. The monoisotopic (exact) mass is 608 g/mol. The maximum atomic E-state index is 14.8. The SMILES string of the molecule is C=CCCCOC(=O)[C@@H]1[C@@H]2CCC3(S2)C(C(=O)N(CC=C)c2ccccc2Cl)N([C@@H](CO)Cc2ccccc2)C(=O)[C@H]13. The number of benzene rings is 2. The van der Waals surface area contributed by atoms with Gasteiger partial charge in [-0.2, -0.15) is 0 Å². The highest BCUT2D eigenvalue weighted by Gasteiger charge is 2.74. The molecule has 0 radical (unpaired) electrons. The molecular formula is C33H37ClN2O5S. The predicted octanol–water partition coefficient (Wildman–Crippen LogP) is 5.06. The van der Waals surface area contributed by atoms with E-state index in [-0.39, 0.29) is 42.8 Å². The molecule has 42 heavy (non-hydrogen) atoms. The summed E-state index contributed by atoms with van der Waals surface area (Å²) in [7, 11) is 0. The number of amides is 2. The van der Waals surface area contributed by atoms with E-state index in [9.17, 15) is 19.5 Å². The first kappa shape index (κ1) is 30.4. The van der Waals surface area contributed by atoms with Crippen molar-refractivity contribution in [3.8, 4) is 0 Å². The van der Waals surface area contributed by atoms with Crippen molar-refractivity contribution in [2.45, 2.75) is 54.2 Å². The van der Waals surface area contributed by atoms with Crippen molar-refractivity contribution in [1.82, 2.24) is 4.90 Å². The number of aliphatic hydroxyl groups excluding tert-OH is 1. The number of carbonyl (C=O) groups is 3. The highest BCUT2D eigenvalue weighted by atomic mass is 35.5. The highest BCUT2D eigenvalue weighted by molar-refractivity contribution is 8.02. The van der Waals surface area contributed by atoms with Gasteiger partial charge in [0.2, 0.25) is 5.91 Å². The number of nitrogens with zero attached hydrogens (tertiary/aromatic N) is 2. The summed E-state index contributed by atoms with van der Waals surface area (Å²) in [6.45, 7) is 7.70. The summed E-state index contributed by atoms with van der Waals surface area (Å²) >= 11 is 8.15. The van der Waals surface area contributed by atoms with Crippen LogP contribution < -0.4 is 4.90 Å². The zero-order valence-electron chi connectivity index (χ0n) is 23.6. The molecule has 5 rings (SSSR count). The van der Waals surface area contributed by atoms with Crippen LogP contribution in [-0.2, 0) is 25.5 Å². The van der Waals surface area contributed by atoms with Gasteiger partial charge in [0.05, 0.1) is 46.5 Å². The molecule has 3 saturated heterocycles. The third-order valence-electron chi connectivity index (χ3n) is 8.68. The third kappa shape index (κ3) is 5.40. The molecule has 2 amide bonds. The average Bonchev–Trinajstić information content (AvgIpc) is 3.65. The number of halogens is 1. The number of hydrogen-bond donors (Lipinski definition) is 1. The molecule has 222 valence electrons. The number of aliphatic hydroxyl groups is 1. The van der Waals surface area contributed by atoms with Crippen LogP contribution in [0.25, 0.3) is 0 Å². The van der Waals surface area contributed by atoms with Gasteiger partial charge in [-0.15, -0.1) is 24.9 Å². The Balaban J connectivity index is 1.56. The maximum Gasteiger partial charge on any atom is 0.310 e. The van der Waals surface area contributed by atoms with Gasteiger partial charge in [0.25, 0.3) is 5.91 Å². The Kier molecular flexibility index (Phi) is 9.45. The van der Waals surface area contributed by atoms with Gasteiger partial charge in [-0.3, -0.25) is 14.4 Å². The van der Waals surface area contributed by atoms with Gasteiger partial charge in [-0.1, -0.05) is 66.2 Å². The third-order valence-corrected chi connectivity index (χ3v) is 11.0. The van der Waals surface area contributed by atoms with Crippen molar-refractivity contribution < 1.29 is 24.2 Å². The van der Waals surface area contributed by atoms with Crippen molar-refractivity contribution in [2.24, 2.45) is 11.8 Å². The normalized spacial score (nSPS) is 26.5. The van der Waals surface area contributed by atoms with Gasteiger partial charge in [-0.25, -0.2) is 0 Å². The first-order valence-electron chi connectivity index (χ1n) is 14.5. The Bertz CT molecular complexity index is 1340. The minimum atomic E-state index is -0.902. The van der Waals surface area contributed by atoms with Gasteiger partial charge in [0.1, 0.15) is 6.04 Å². The van der Waals surface area contributed by atoms with E-state index in [0.29, 0.717) is 36.4 Å². The molecule has 6 atom stereocenters.